The average Bonchev–Trinajstić information content (AvgIpc) is 2.68. The molecule has 0 amide bonds. The predicted octanol–water partition coefficient (Wildman–Crippen LogP) is 6.37. The minimum absolute atomic E-state index is 0.339. The Morgan fingerprint density at radius 1 is 0.857 bits per heavy atom. The largest absolute Gasteiger partial charge is 0.673 e. The summed E-state index contributed by atoms with van der Waals surface area (Å²) in [6.07, 6.45) is 0. The van der Waals surface area contributed by atoms with Crippen LogP contribution in [0.15, 0.2) is 77.2 Å². The number of halogens is 4. The van der Waals surface area contributed by atoms with Gasteiger partial charge in [0.05, 0.1) is 35.4 Å². The number of carbonyl (C=O) groups excluding carboxylic acids is 1. The van der Waals surface area contributed by atoms with Crippen LogP contribution in [0.25, 0.3) is 22.6 Å². The monoisotopic (exact) mass is 392 g/mol. The van der Waals surface area contributed by atoms with Crippen LogP contribution in [0.4, 0.5) is 17.3 Å². The number of carbonyl (C=O) groups is 1. The van der Waals surface area contributed by atoms with Crippen LogP contribution in [0.1, 0.15) is 17.3 Å². The normalized spacial score (nSPS) is 10.6. The number of hydrogen-bond donors (Lipinski definition) is 0. The summed E-state index contributed by atoms with van der Waals surface area (Å²) < 4.78 is 50.1. The molecule has 1 aromatic heterocycles. The lowest BCUT2D eigenvalue weighted by atomic mass is 10.1. The molecule has 0 bridgehead atoms. The van der Waals surface area contributed by atoms with Crippen LogP contribution in [0.3, 0.4) is 0 Å². The fourth-order valence-electron chi connectivity index (χ4n) is 2.32. The molecule has 146 valence electrons. The molecule has 2 aromatic carbocycles. The van der Waals surface area contributed by atoms with Gasteiger partial charge in [0.15, 0.2) is 0 Å². The van der Waals surface area contributed by atoms with Crippen molar-refractivity contribution in [1.29, 1.82) is 0 Å². The molecule has 0 aliphatic heterocycles. The molecule has 0 saturated carbocycles. The van der Waals surface area contributed by atoms with Gasteiger partial charge in [-0.05, 0) is 31.2 Å². The van der Waals surface area contributed by atoms with Crippen molar-refractivity contribution in [1.82, 2.24) is 0 Å². The molecule has 1 heterocycles. The van der Waals surface area contributed by atoms with Crippen molar-refractivity contribution in [3.05, 3.63) is 78.4 Å². The topological polar surface area (TPSA) is 37.6 Å². The second-order valence-electron chi connectivity index (χ2n) is 5.52. The molecule has 3 nitrogen and oxygen atoms in total. The number of rotatable bonds is 4. The third-order valence-corrected chi connectivity index (χ3v) is 3.42. The van der Waals surface area contributed by atoms with Gasteiger partial charge in [-0.15, -0.1) is 0 Å². The van der Waals surface area contributed by atoms with E-state index in [4.69, 9.17) is 9.15 Å². The van der Waals surface area contributed by atoms with E-state index in [0.29, 0.717) is 23.7 Å². The lowest BCUT2D eigenvalue weighted by Gasteiger charge is -2.01. The van der Waals surface area contributed by atoms with Crippen LogP contribution >= 0.6 is 0 Å². The van der Waals surface area contributed by atoms with E-state index >= 15 is 0 Å². The molecular formula is C20H17BF4O3. The molecule has 0 atom stereocenters. The second kappa shape index (κ2) is 9.69. The highest BCUT2D eigenvalue weighted by Crippen LogP contribution is 2.28. The fourth-order valence-corrected chi connectivity index (χ4v) is 2.32. The first kappa shape index (κ1) is 21.1. The Morgan fingerprint density at radius 2 is 1.25 bits per heavy atom. The molecule has 8 heteroatoms. The first-order valence-electron chi connectivity index (χ1n) is 8.41. The van der Waals surface area contributed by atoms with Gasteiger partial charge in [0.25, 0.3) is 0 Å². The molecular weight excluding hydrogens is 375 g/mol. The van der Waals surface area contributed by atoms with Crippen molar-refractivity contribution < 1.29 is 31.2 Å². The molecule has 0 fully saturated rings. The highest BCUT2D eigenvalue weighted by Gasteiger charge is 2.23. The average molecular weight is 392 g/mol. The molecule has 0 aliphatic carbocycles. The van der Waals surface area contributed by atoms with Gasteiger partial charge >= 0.3 is 24.7 Å². The molecule has 0 aliphatic rings. The van der Waals surface area contributed by atoms with E-state index in [0.717, 1.165) is 11.1 Å². The minimum atomic E-state index is -6.00. The highest BCUT2D eigenvalue weighted by molar-refractivity contribution is 6.50. The van der Waals surface area contributed by atoms with Crippen LogP contribution in [-0.4, -0.2) is 19.8 Å². The maximum Gasteiger partial charge on any atom is 0.673 e. The third-order valence-electron chi connectivity index (χ3n) is 3.42. The molecule has 3 rings (SSSR count). The first-order valence-corrected chi connectivity index (χ1v) is 8.41. The van der Waals surface area contributed by atoms with Gasteiger partial charge in [0.2, 0.25) is 0 Å². The highest BCUT2D eigenvalue weighted by atomic mass is 19.5. The molecule has 0 saturated heterocycles. The Kier molecular flexibility index (Phi) is 7.32. The Labute approximate surface area is 159 Å². The zero-order valence-electron chi connectivity index (χ0n) is 14.9. The van der Waals surface area contributed by atoms with Crippen molar-refractivity contribution >= 4 is 13.2 Å². The van der Waals surface area contributed by atoms with Crippen molar-refractivity contribution in [3.63, 3.8) is 0 Å². The Hall–Kier alpha value is -3.16. The SMILES string of the molecule is CCOC(=O)c1cc(-c2ccccc2)[o+]c(-c2ccccc2)c1.F[B-](F)(F)F. The second-order valence-corrected chi connectivity index (χ2v) is 5.52. The first-order chi connectivity index (χ1) is 13.3. The van der Waals surface area contributed by atoms with E-state index in [-0.39, 0.29) is 5.97 Å². The van der Waals surface area contributed by atoms with Gasteiger partial charge in [0.1, 0.15) is 0 Å². The van der Waals surface area contributed by atoms with Crippen LogP contribution in [-0.2, 0) is 4.74 Å². The summed E-state index contributed by atoms with van der Waals surface area (Å²) in [6, 6.07) is 22.9. The van der Waals surface area contributed by atoms with Crippen LogP contribution < -0.4 is 0 Å². The maximum atomic E-state index is 12.1. The summed E-state index contributed by atoms with van der Waals surface area (Å²) in [5, 5.41) is 0. The lowest BCUT2D eigenvalue weighted by molar-refractivity contribution is 0.0525. The van der Waals surface area contributed by atoms with Crippen LogP contribution in [0.2, 0.25) is 0 Å². The van der Waals surface area contributed by atoms with E-state index in [1.54, 1.807) is 19.1 Å². The smallest absolute Gasteiger partial charge is 0.462 e. The summed E-state index contributed by atoms with van der Waals surface area (Å²) in [6.45, 7) is 2.13. The van der Waals surface area contributed by atoms with Crippen LogP contribution in [0.5, 0.6) is 0 Å². The molecule has 28 heavy (non-hydrogen) atoms. The summed E-state index contributed by atoms with van der Waals surface area (Å²) in [7, 11) is -6.00. The summed E-state index contributed by atoms with van der Waals surface area (Å²) in [5.74, 6) is 0.919. The predicted molar refractivity (Wildman–Crippen MR) is 100 cm³/mol. The van der Waals surface area contributed by atoms with Gasteiger partial charge in [-0.3, -0.25) is 0 Å². The Balaban J connectivity index is 0.000000500. The molecule has 0 N–H and O–H groups in total. The molecule has 3 aromatic rings. The Bertz CT molecular complexity index is 837. The van der Waals surface area contributed by atoms with E-state index in [9.17, 15) is 22.1 Å². The van der Waals surface area contributed by atoms with E-state index < -0.39 is 7.25 Å². The fraction of sp³-hybridized carbons (Fsp3) is 0.100. The zero-order valence-corrected chi connectivity index (χ0v) is 14.9. The lowest BCUT2D eigenvalue weighted by Crippen LogP contribution is -2.05. The van der Waals surface area contributed by atoms with Gasteiger partial charge in [-0.25, -0.2) is 9.21 Å². The zero-order chi connectivity index (χ0) is 20.6. The van der Waals surface area contributed by atoms with E-state index in [2.05, 4.69) is 0 Å². The van der Waals surface area contributed by atoms with E-state index in [1.165, 1.54) is 0 Å². The van der Waals surface area contributed by atoms with Crippen molar-refractivity contribution in [2.24, 2.45) is 0 Å². The van der Waals surface area contributed by atoms with Crippen LogP contribution in [0, 0.1) is 0 Å². The van der Waals surface area contributed by atoms with E-state index in [1.807, 2.05) is 60.7 Å². The number of ether oxygens (including phenoxy) is 1. The van der Waals surface area contributed by atoms with Gasteiger partial charge in [0, 0.05) is 0 Å². The molecule has 0 spiro atoms. The van der Waals surface area contributed by atoms with Crippen molar-refractivity contribution in [2.45, 2.75) is 6.92 Å². The molecule has 0 unspecified atom stereocenters. The maximum absolute atomic E-state index is 12.1. The van der Waals surface area contributed by atoms with Crippen molar-refractivity contribution in [3.8, 4) is 22.6 Å². The van der Waals surface area contributed by atoms with Gasteiger partial charge in [-0.2, -0.15) is 0 Å². The summed E-state index contributed by atoms with van der Waals surface area (Å²) in [5.41, 5.74) is 2.31. The quantitative estimate of drug-likeness (QED) is 0.224. The number of esters is 1. The van der Waals surface area contributed by atoms with Gasteiger partial charge in [-0.1, -0.05) is 36.4 Å². The number of benzene rings is 2. The number of hydrogen-bond acceptors (Lipinski definition) is 2. The standard InChI is InChI=1S/C20H17O3.BF4/c1-2-22-20(21)17-13-18(15-9-5-3-6-10-15)23-19(14-17)16-11-7-4-8-12-16;2-1(3,4)5/h3-14H,2H2,1H3;/q+1;-1. The Morgan fingerprint density at radius 3 is 1.61 bits per heavy atom. The summed E-state index contributed by atoms with van der Waals surface area (Å²) in [4.78, 5) is 12.1. The molecule has 0 radical (unpaired) electrons. The van der Waals surface area contributed by atoms with Gasteiger partial charge < -0.3 is 22.0 Å². The summed E-state index contributed by atoms with van der Waals surface area (Å²) >= 11 is 0. The minimum Gasteiger partial charge on any atom is -0.462 e. The third kappa shape index (κ3) is 6.87. The van der Waals surface area contributed by atoms with Crippen molar-refractivity contribution in [2.75, 3.05) is 6.61 Å².